The van der Waals surface area contributed by atoms with Crippen molar-refractivity contribution < 1.29 is 22.3 Å². The summed E-state index contributed by atoms with van der Waals surface area (Å²) < 4.78 is 48.4. The number of hydrogen-bond acceptors (Lipinski definition) is 5. The summed E-state index contributed by atoms with van der Waals surface area (Å²) in [5.74, 6) is 0.143. The molecule has 3 aromatic rings. The van der Waals surface area contributed by atoms with Crippen LogP contribution in [0, 0.1) is 5.82 Å². The Bertz CT molecular complexity index is 1130. The van der Waals surface area contributed by atoms with Gasteiger partial charge in [-0.25, -0.2) is 17.8 Å². The van der Waals surface area contributed by atoms with E-state index >= 15 is 0 Å². The van der Waals surface area contributed by atoms with Crippen LogP contribution in [0.15, 0.2) is 59.5 Å². The molecule has 0 aliphatic rings. The maximum Gasteiger partial charge on any atom is 0.219 e. The third-order valence-electron chi connectivity index (χ3n) is 4.81. The Morgan fingerprint density at radius 3 is 2.23 bits per heavy atom. The highest BCUT2D eigenvalue weighted by Gasteiger charge is 2.17. The standard InChI is InChI=1S/C24H26FNO4S/c1-4-5-14-30-24-19(16-29-2)15-22(17-8-12-21(13-9-17)31(3,27)28)23(26-24)18-6-10-20(25)11-7-18/h6-13,15H,4-5,14,16H2,1-3H3. The number of unbranched alkanes of at least 4 members (excludes halogenated alkanes) is 1. The van der Waals surface area contributed by atoms with Crippen molar-refractivity contribution in [3.05, 3.63) is 66.0 Å². The van der Waals surface area contributed by atoms with E-state index in [0.717, 1.165) is 35.1 Å². The molecule has 5 nitrogen and oxygen atoms in total. The molecule has 0 aliphatic carbocycles. The lowest BCUT2D eigenvalue weighted by molar-refractivity contribution is 0.178. The summed E-state index contributed by atoms with van der Waals surface area (Å²) in [6, 6.07) is 14.7. The number of ether oxygens (including phenoxy) is 2. The minimum absolute atomic E-state index is 0.240. The Morgan fingerprint density at radius 2 is 1.65 bits per heavy atom. The lowest BCUT2D eigenvalue weighted by atomic mass is 9.97. The van der Waals surface area contributed by atoms with E-state index in [1.165, 1.54) is 18.4 Å². The minimum atomic E-state index is -3.30. The van der Waals surface area contributed by atoms with E-state index in [0.29, 0.717) is 24.8 Å². The average Bonchev–Trinajstić information content (AvgIpc) is 2.75. The molecule has 0 radical (unpaired) electrons. The Morgan fingerprint density at radius 1 is 1.00 bits per heavy atom. The van der Waals surface area contributed by atoms with Crippen LogP contribution in [0.2, 0.25) is 0 Å². The Kier molecular flexibility index (Phi) is 7.41. The topological polar surface area (TPSA) is 65.5 Å². The van der Waals surface area contributed by atoms with E-state index < -0.39 is 9.84 Å². The molecule has 0 saturated heterocycles. The first-order valence-corrected chi connectivity index (χ1v) is 11.9. The largest absolute Gasteiger partial charge is 0.477 e. The Balaban J connectivity index is 2.16. The first-order valence-electron chi connectivity index (χ1n) is 10.1. The molecule has 3 rings (SSSR count). The molecule has 0 fully saturated rings. The zero-order valence-electron chi connectivity index (χ0n) is 17.9. The second-order valence-electron chi connectivity index (χ2n) is 7.29. The van der Waals surface area contributed by atoms with Crippen LogP contribution in [0.1, 0.15) is 25.3 Å². The van der Waals surface area contributed by atoms with E-state index in [4.69, 9.17) is 14.5 Å². The molecular formula is C24H26FNO4S. The van der Waals surface area contributed by atoms with Crippen molar-refractivity contribution in [3.8, 4) is 28.3 Å². The van der Waals surface area contributed by atoms with E-state index in [1.54, 1.807) is 43.5 Å². The van der Waals surface area contributed by atoms with Gasteiger partial charge >= 0.3 is 0 Å². The zero-order chi connectivity index (χ0) is 22.4. The van der Waals surface area contributed by atoms with Gasteiger partial charge in [0.15, 0.2) is 9.84 Å². The number of nitrogens with zero attached hydrogens (tertiary/aromatic N) is 1. The van der Waals surface area contributed by atoms with Crippen molar-refractivity contribution in [2.24, 2.45) is 0 Å². The molecule has 0 bridgehead atoms. The highest BCUT2D eigenvalue weighted by molar-refractivity contribution is 7.90. The van der Waals surface area contributed by atoms with Gasteiger partial charge in [-0.05, 0) is 54.4 Å². The number of aromatic nitrogens is 1. The minimum Gasteiger partial charge on any atom is -0.477 e. The van der Waals surface area contributed by atoms with Gasteiger partial charge in [-0.3, -0.25) is 0 Å². The van der Waals surface area contributed by atoms with Gasteiger partial charge in [-0.2, -0.15) is 0 Å². The first-order chi connectivity index (χ1) is 14.8. The number of rotatable bonds is 9. The fourth-order valence-electron chi connectivity index (χ4n) is 3.16. The summed E-state index contributed by atoms with van der Waals surface area (Å²) in [5.41, 5.74) is 3.70. The SMILES string of the molecule is CCCCOc1nc(-c2ccc(F)cc2)c(-c2ccc(S(C)(=O)=O)cc2)cc1COC. The molecule has 0 aliphatic heterocycles. The first kappa shape index (κ1) is 22.9. The monoisotopic (exact) mass is 443 g/mol. The molecule has 2 aromatic carbocycles. The third-order valence-corrected chi connectivity index (χ3v) is 5.94. The Labute approximate surface area is 182 Å². The number of halogens is 1. The fourth-order valence-corrected chi connectivity index (χ4v) is 3.79. The average molecular weight is 444 g/mol. The van der Waals surface area contributed by atoms with Crippen LogP contribution in [0.4, 0.5) is 4.39 Å². The molecule has 0 amide bonds. The van der Waals surface area contributed by atoms with E-state index in [9.17, 15) is 12.8 Å². The summed E-state index contributed by atoms with van der Waals surface area (Å²) in [4.78, 5) is 5.01. The predicted molar refractivity (Wildman–Crippen MR) is 119 cm³/mol. The molecule has 0 N–H and O–H groups in total. The molecule has 164 valence electrons. The summed E-state index contributed by atoms with van der Waals surface area (Å²) in [6.07, 6.45) is 3.07. The van der Waals surface area contributed by atoms with Gasteiger partial charge in [0.1, 0.15) is 5.82 Å². The molecule has 1 aromatic heterocycles. The molecule has 0 atom stereocenters. The van der Waals surface area contributed by atoms with Gasteiger partial charge in [-0.1, -0.05) is 25.5 Å². The summed E-state index contributed by atoms with van der Waals surface area (Å²) in [5, 5.41) is 0. The molecule has 31 heavy (non-hydrogen) atoms. The van der Waals surface area contributed by atoms with Crippen molar-refractivity contribution in [2.45, 2.75) is 31.3 Å². The van der Waals surface area contributed by atoms with Crippen LogP contribution in [0.5, 0.6) is 5.88 Å². The lowest BCUT2D eigenvalue weighted by Gasteiger charge is -2.16. The van der Waals surface area contributed by atoms with Crippen molar-refractivity contribution in [1.82, 2.24) is 4.98 Å². The highest BCUT2D eigenvalue weighted by Crippen LogP contribution is 2.35. The molecular weight excluding hydrogens is 417 g/mol. The molecule has 0 saturated carbocycles. The fraction of sp³-hybridized carbons (Fsp3) is 0.292. The maximum atomic E-state index is 13.5. The molecule has 1 heterocycles. The second kappa shape index (κ2) is 10.0. The number of hydrogen-bond donors (Lipinski definition) is 0. The molecule has 7 heteroatoms. The number of methoxy groups -OCH3 is 1. The number of sulfone groups is 1. The normalized spacial score (nSPS) is 11.5. The molecule has 0 unspecified atom stereocenters. The van der Waals surface area contributed by atoms with E-state index in [-0.39, 0.29) is 10.7 Å². The van der Waals surface area contributed by atoms with Crippen molar-refractivity contribution in [2.75, 3.05) is 20.0 Å². The maximum absolute atomic E-state index is 13.5. The van der Waals surface area contributed by atoms with Crippen LogP contribution in [-0.2, 0) is 21.2 Å². The zero-order valence-corrected chi connectivity index (χ0v) is 18.7. The van der Waals surface area contributed by atoms with Crippen LogP contribution < -0.4 is 4.74 Å². The van der Waals surface area contributed by atoms with Gasteiger partial charge in [0.25, 0.3) is 0 Å². The summed E-state index contributed by atoms with van der Waals surface area (Å²) >= 11 is 0. The van der Waals surface area contributed by atoms with Gasteiger partial charge < -0.3 is 9.47 Å². The quantitative estimate of drug-likeness (QED) is 0.421. The van der Waals surface area contributed by atoms with Crippen molar-refractivity contribution in [1.29, 1.82) is 0 Å². The number of pyridine rings is 1. The van der Waals surface area contributed by atoms with Crippen LogP contribution in [0.3, 0.4) is 0 Å². The van der Waals surface area contributed by atoms with E-state index in [2.05, 4.69) is 6.92 Å². The molecule has 0 spiro atoms. The smallest absolute Gasteiger partial charge is 0.219 e. The van der Waals surface area contributed by atoms with Gasteiger partial charge in [0, 0.05) is 30.1 Å². The number of benzene rings is 2. The van der Waals surface area contributed by atoms with Gasteiger partial charge in [0.05, 0.1) is 23.8 Å². The predicted octanol–water partition coefficient (Wildman–Crippen LogP) is 5.28. The third kappa shape index (κ3) is 5.68. The second-order valence-corrected chi connectivity index (χ2v) is 9.30. The van der Waals surface area contributed by atoms with Crippen molar-refractivity contribution in [3.63, 3.8) is 0 Å². The lowest BCUT2D eigenvalue weighted by Crippen LogP contribution is -2.05. The highest BCUT2D eigenvalue weighted by atomic mass is 32.2. The summed E-state index contributed by atoms with van der Waals surface area (Å²) in [6.45, 7) is 2.93. The van der Waals surface area contributed by atoms with Crippen LogP contribution in [-0.4, -0.2) is 33.4 Å². The van der Waals surface area contributed by atoms with Crippen LogP contribution in [0.25, 0.3) is 22.4 Å². The van der Waals surface area contributed by atoms with E-state index in [1.807, 2.05) is 6.07 Å². The van der Waals surface area contributed by atoms with Gasteiger partial charge in [0.2, 0.25) is 5.88 Å². The van der Waals surface area contributed by atoms with Crippen molar-refractivity contribution >= 4 is 9.84 Å². The summed E-state index contributed by atoms with van der Waals surface area (Å²) in [7, 11) is -1.70. The Hall–Kier alpha value is -2.77. The van der Waals surface area contributed by atoms with Gasteiger partial charge in [-0.15, -0.1) is 0 Å². The van der Waals surface area contributed by atoms with Crippen LogP contribution >= 0.6 is 0 Å².